The van der Waals surface area contributed by atoms with Crippen LogP contribution < -0.4 is 10.1 Å². The van der Waals surface area contributed by atoms with Crippen LogP contribution >= 0.6 is 12.2 Å². The van der Waals surface area contributed by atoms with E-state index in [-0.39, 0.29) is 6.04 Å². The smallest absolute Gasteiger partial charge is 0.258 e. The third-order valence-electron chi connectivity index (χ3n) is 5.29. The van der Waals surface area contributed by atoms with Crippen LogP contribution in [0, 0.1) is 6.92 Å². The molecule has 1 unspecified atom stereocenters. The zero-order chi connectivity index (χ0) is 21.3. The van der Waals surface area contributed by atoms with Crippen molar-refractivity contribution >= 4 is 22.9 Å². The molecule has 1 aliphatic heterocycles. The van der Waals surface area contributed by atoms with Crippen molar-refractivity contribution in [3.63, 3.8) is 0 Å². The number of nitrogens with zero attached hydrogens (tertiary/aromatic N) is 3. The van der Waals surface area contributed by atoms with Crippen LogP contribution in [0.4, 0.5) is 0 Å². The van der Waals surface area contributed by atoms with Gasteiger partial charge < -0.3 is 19.5 Å². The predicted molar refractivity (Wildman–Crippen MR) is 121 cm³/mol. The first-order valence-electron chi connectivity index (χ1n) is 9.85. The van der Waals surface area contributed by atoms with Gasteiger partial charge in [0.1, 0.15) is 5.75 Å². The molecule has 1 atom stereocenters. The number of benzene rings is 2. The van der Waals surface area contributed by atoms with Crippen LogP contribution in [0.5, 0.6) is 5.75 Å². The molecule has 0 aliphatic carbocycles. The number of ether oxygens (including phenoxy) is 1. The minimum absolute atomic E-state index is 0.197. The Kier molecular flexibility index (Phi) is 5.55. The summed E-state index contributed by atoms with van der Waals surface area (Å²) in [6, 6.07) is 15.8. The summed E-state index contributed by atoms with van der Waals surface area (Å²) >= 11 is 5.62. The minimum Gasteiger partial charge on any atom is -0.497 e. The SMILES string of the molecule is CCN1C(=S)NC(c2ccc(OC)cc2)C(c2nc(-c3cccc(C)c3)no2)=C1C. The molecular formula is C23H24N4O2S. The van der Waals surface area contributed by atoms with Crippen LogP contribution in [0.3, 0.4) is 0 Å². The molecule has 1 N–H and O–H groups in total. The Morgan fingerprint density at radius 1 is 1.17 bits per heavy atom. The van der Waals surface area contributed by atoms with E-state index in [0.717, 1.165) is 40.3 Å². The summed E-state index contributed by atoms with van der Waals surface area (Å²) in [7, 11) is 1.66. The number of allylic oxidation sites excluding steroid dienone is 1. The lowest BCUT2D eigenvalue weighted by Crippen LogP contribution is -2.45. The maximum absolute atomic E-state index is 5.74. The summed E-state index contributed by atoms with van der Waals surface area (Å²) in [4.78, 5) is 6.77. The second-order valence-electron chi connectivity index (χ2n) is 7.19. The Morgan fingerprint density at radius 3 is 2.60 bits per heavy atom. The molecule has 4 rings (SSSR count). The molecule has 0 spiro atoms. The van der Waals surface area contributed by atoms with Gasteiger partial charge >= 0.3 is 0 Å². The van der Waals surface area contributed by atoms with Gasteiger partial charge in [-0.2, -0.15) is 4.98 Å². The van der Waals surface area contributed by atoms with Gasteiger partial charge in [-0.05, 0) is 56.8 Å². The number of hydrogen-bond acceptors (Lipinski definition) is 5. The molecule has 1 aliphatic rings. The second-order valence-corrected chi connectivity index (χ2v) is 7.58. The molecule has 6 nitrogen and oxygen atoms in total. The topological polar surface area (TPSA) is 63.4 Å². The molecule has 1 aromatic heterocycles. The van der Waals surface area contributed by atoms with E-state index in [1.54, 1.807) is 7.11 Å². The summed E-state index contributed by atoms with van der Waals surface area (Å²) < 4.78 is 11.0. The highest BCUT2D eigenvalue weighted by molar-refractivity contribution is 7.80. The molecule has 0 amide bonds. The fourth-order valence-electron chi connectivity index (χ4n) is 3.72. The van der Waals surface area contributed by atoms with Crippen LogP contribution in [0.15, 0.2) is 58.8 Å². The van der Waals surface area contributed by atoms with Crippen LogP contribution in [-0.4, -0.2) is 33.8 Å². The zero-order valence-electron chi connectivity index (χ0n) is 17.5. The summed E-state index contributed by atoms with van der Waals surface area (Å²) in [5, 5.41) is 8.36. The fraction of sp³-hybridized carbons (Fsp3) is 0.261. The molecule has 0 saturated heterocycles. The Balaban J connectivity index is 1.80. The Morgan fingerprint density at radius 2 is 1.93 bits per heavy atom. The monoisotopic (exact) mass is 420 g/mol. The van der Waals surface area contributed by atoms with Crippen molar-refractivity contribution in [3.05, 3.63) is 71.2 Å². The largest absolute Gasteiger partial charge is 0.497 e. The van der Waals surface area contributed by atoms with E-state index < -0.39 is 0 Å². The van der Waals surface area contributed by atoms with Crippen molar-refractivity contribution in [1.29, 1.82) is 0 Å². The zero-order valence-corrected chi connectivity index (χ0v) is 18.3. The highest BCUT2D eigenvalue weighted by Crippen LogP contribution is 2.37. The first-order chi connectivity index (χ1) is 14.5. The third kappa shape index (κ3) is 3.68. The number of aromatic nitrogens is 2. The van der Waals surface area contributed by atoms with E-state index in [0.29, 0.717) is 16.8 Å². The molecule has 2 aromatic carbocycles. The molecule has 0 bridgehead atoms. The van der Waals surface area contributed by atoms with Gasteiger partial charge in [0.05, 0.1) is 18.7 Å². The van der Waals surface area contributed by atoms with Gasteiger partial charge in [0.2, 0.25) is 5.82 Å². The maximum atomic E-state index is 5.74. The van der Waals surface area contributed by atoms with Gasteiger partial charge in [0, 0.05) is 17.8 Å². The van der Waals surface area contributed by atoms with Crippen molar-refractivity contribution < 1.29 is 9.26 Å². The van der Waals surface area contributed by atoms with Gasteiger partial charge in [-0.25, -0.2) is 0 Å². The minimum atomic E-state index is -0.197. The highest BCUT2D eigenvalue weighted by Gasteiger charge is 2.33. The first-order valence-corrected chi connectivity index (χ1v) is 10.3. The molecule has 0 fully saturated rings. The van der Waals surface area contributed by atoms with Crippen LogP contribution in [-0.2, 0) is 0 Å². The summed E-state index contributed by atoms with van der Waals surface area (Å²) in [5.41, 5.74) is 5.03. The molecule has 154 valence electrons. The molecular weight excluding hydrogens is 396 g/mol. The lowest BCUT2D eigenvalue weighted by atomic mass is 9.94. The summed E-state index contributed by atoms with van der Waals surface area (Å²) in [5.74, 6) is 1.85. The van der Waals surface area contributed by atoms with E-state index >= 15 is 0 Å². The van der Waals surface area contributed by atoms with Gasteiger partial charge in [-0.15, -0.1) is 0 Å². The number of hydrogen-bond donors (Lipinski definition) is 1. The second kappa shape index (κ2) is 8.28. The van der Waals surface area contributed by atoms with Crippen molar-refractivity contribution in [2.45, 2.75) is 26.8 Å². The summed E-state index contributed by atoms with van der Waals surface area (Å²) in [6.45, 7) is 6.89. The Labute approximate surface area is 181 Å². The van der Waals surface area contributed by atoms with Crippen molar-refractivity contribution in [3.8, 4) is 17.1 Å². The Hall–Kier alpha value is -3.19. The molecule has 0 radical (unpaired) electrons. The van der Waals surface area contributed by atoms with Crippen LogP contribution in [0.25, 0.3) is 17.0 Å². The summed E-state index contributed by atoms with van der Waals surface area (Å²) in [6.07, 6.45) is 0. The average molecular weight is 421 g/mol. The van der Waals surface area contributed by atoms with E-state index in [9.17, 15) is 0 Å². The highest BCUT2D eigenvalue weighted by atomic mass is 32.1. The quantitative estimate of drug-likeness (QED) is 0.598. The molecule has 0 saturated carbocycles. The van der Waals surface area contributed by atoms with E-state index in [4.69, 9.17) is 26.5 Å². The van der Waals surface area contributed by atoms with Crippen molar-refractivity contribution in [2.24, 2.45) is 0 Å². The van der Waals surface area contributed by atoms with Crippen molar-refractivity contribution in [2.75, 3.05) is 13.7 Å². The van der Waals surface area contributed by atoms with E-state index in [2.05, 4.69) is 17.4 Å². The van der Waals surface area contributed by atoms with Crippen LogP contribution in [0.1, 0.15) is 36.9 Å². The number of rotatable bonds is 5. The number of methoxy groups -OCH3 is 1. The lowest BCUT2D eigenvalue weighted by Gasteiger charge is -2.36. The normalized spacial score (nSPS) is 16.6. The predicted octanol–water partition coefficient (Wildman–Crippen LogP) is 4.74. The maximum Gasteiger partial charge on any atom is 0.258 e. The van der Waals surface area contributed by atoms with Gasteiger partial charge in [-0.3, -0.25) is 0 Å². The van der Waals surface area contributed by atoms with E-state index in [1.807, 2.05) is 67.3 Å². The molecule has 7 heteroatoms. The number of aryl methyl sites for hydroxylation is 1. The van der Waals surface area contributed by atoms with E-state index in [1.165, 1.54) is 0 Å². The Bertz CT molecular complexity index is 1100. The molecule has 2 heterocycles. The van der Waals surface area contributed by atoms with Crippen LogP contribution in [0.2, 0.25) is 0 Å². The lowest BCUT2D eigenvalue weighted by molar-refractivity contribution is 0.398. The molecule has 30 heavy (non-hydrogen) atoms. The number of thiocarbonyl (C=S) groups is 1. The first kappa shape index (κ1) is 20.1. The fourth-order valence-corrected chi connectivity index (χ4v) is 4.10. The van der Waals surface area contributed by atoms with Gasteiger partial charge in [-0.1, -0.05) is 41.1 Å². The van der Waals surface area contributed by atoms with Crippen molar-refractivity contribution in [1.82, 2.24) is 20.4 Å². The van der Waals surface area contributed by atoms with Gasteiger partial charge in [0.15, 0.2) is 5.11 Å². The third-order valence-corrected chi connectivity index (χ3v) is 5.63. The number of nitrogens with one attached hydrogen (secondary N) is 1. The standard InChI is InChI=1S/C23H24N4O2S/c1-5-27-15(3)19(20(24-23(27)30)16-9-11-18(28-4)12-10-16)22-25-21(26-29-22)17-8-6-7-14(2)13-17/h6-13,20H,5H2,1-4H3,(H,24,30). The average Bonchev–Trinajstić information content (AvgIpc) is 3.23. The van der Waals surface area contributed by atoms with Gasteiger partial charge in [0.25, 0.3) is 5.89 Å². The molecule has 3 aromatic rings.